The third kappa shape index (κ3) is 7.85. The molecule has 4 rings (SSSR count). The van der Waals surface area contributed by atoms with E-state index in [1.54, 1.807) is 0 Å². The smallest absolute Gasteiger partial charge is 0.242 e. The first-order chi connectivity index (χ1) is 19.1. The maximum Gasteiger partial charge on any atom is 0.242 e. The van der Waals surface area contributed by atoms with E-state index in [1.165, 1.54) is 22.3 Å². The third-order valence-electron chi connectivity index (χ3n) is 8.31. The number of likely N-dealkylation sites (N-methyl/N-ethyl adjacent to an activating group) is 1. The molecule has 9 heteroatoms. The maximum atomic E-state index is 12.3. The molecule has 2 saturated heterocycles. The topological polar surface area (TPSA) is 113 Å². The molecule has 0 saturated carbocycles. The summed E-state index contributed by atoms with van der Waals surface area (Å²) in [6.07, 6.45) is 1.81. The lowest BCUT2D eigenvalue weighted by Gasteiger charge is -2.42. The highest BCUT2D eigenvalue weighted by Gasteiger charge is 2.40. The van der Waals surface area contributed by atoms with Crippen molar-refractivity contribution in [2.45, 2.75) is 56.2 Å². The van der Waals surface area contributed by atoms with E-state index in [0.717, 1.165) is 37.9 Å². The van der Waals surface area contributed by atoms with E-state index in [1.807, 2.05) is 18.0 Å². The lowest BCUT2D eigenvalue weighted by Crippen LogP contribution is -2.50. The van der Waals surface area contributed by atoms with Gasteiger partial charge in [-0.3, -0.25) is 9.59 Å². The van der Waals surface area contributed by atoms with E-state index in [-0.39, 0.29) is 23.6 Å². The van der Waals surface area contributed by atoms with Gasteiger partial charge in [0, 0.05) is 43.6 Å². The maximum absolute atomic E-state index is 12.3. The van der Waals surface area contributed by atoms with Gasteiger partial charge in [-0.25, -0.2) is 10.9 Å². The van der Waals surface area contributed by atoms with Crippen molar-refractivity contribution in [2.24, 2.45) is 0 Å². The first-order valence-corrected chi connectivity index (χ1v) is 16.3. The van der Waals surface area contributed by atoms with Crippen LogP contribution in [-0.4, -0.2) is 107 Å². The zero-order chi connectivity index (χ0) is 28.8. The molecule has 0 aliphatic carbocycles. The summed E-state index contributed by atoms with van der Waals surface area (Å²) in [6, 6.07) is 14.7. The van der Waals surface area contributed by atoms with E-state index in [9.17, 15) is 24.9 Å². The van der Waals surface area contributed by atoms with Gasteiger partial charge in [0.25, 0.3) is 0 Å². The van der Waals surface area contributed by atoms with Gasteiger partial charge in [0.15, 0.2) is 0 Å². The van der Waals surface area contributed by atoms with Crippen LogP contribution >= 0.6 is 10.9 Å². The van der Waals surface area contributed by atoms with Crippen molar-refractivity contribution in [2.75, 3.05) is 51.8 Å². The molecule has 2 aliphatic heterocycles. The SMILES string of the molecule is Cc1ccc([C@H]2[C@H](O)[C@H](O)[C@H](O)C[SH]2C)cc1Cc1ccc(CCCC(=O)NCC(=O)N2CCN(C)CC2)cc1. The van der Waals surface area contributed by atoms with Gasteiger partial charge >= 0.3 is 0 Å². The van der Waals surface area contributed by atoms with Crippen molar-refractivity contribution < 1.29 is 24.9 Å². The number of rotatable bonds is 9. The molecule has 2 heterocycles. The van der Waals surface area contributed by atoms with Gasteiger partial charge in [0.2, 0.25) is 11.8 Å². The first-order valence-electron chi connectivity index (χ1n) is 14.3. The first kappa shape index (κ1) is 30.5. The Kier molecular flexibility index (Phi) is 10.7. The summed E-state index contributed by atoms with van der Waals surface area (Å²) in [4.78, 5) is 28.6. The predicted octanol–water partition coefficient (Wildman–Crippen LogP) is 1.57. The van der Waals surface area contributed by atoms with Crippen molar-refractivity contribution in [1.29, 1.82) is 0 Å². The zero-order valence-corrected chi connectivity index (χ0v) is 24.8. The van der Waals surface area contributed by atoms with Crippen LogP contribution in [0.25, 0.3) is 0 Å². The highest BCUT2D eigenvalue weighted by atomic mass is 32.2. The largest absolute Gasteiger partial charge is 0.390 e. The Morgan fingerprint density at radius 3 is 2.35 bits per heavy atom. The van der Waals surface area contributed by atoms with Crippen molar-refractivity contribution in [3.63, 3.8) is 0 Å². The van der Waals surface area contributed by atoms with E-state index < -0.39 is 29.2 Å². The number of aliphatic hydroxyl groups is 3. The Morgan fingerprint density at radius 1 is 0.975 bits per heavy atom. The summed E-state index contributed by atoms with van der Waals surface area (Å²) in [6.45, 7) is 5.31. The number of nitrogens with zero attached hydrogens (tertiary/aromatic N) is 2. The number of piperazine rings is 1. The van der Waals surface area contributed by atoms with Crippen LogP contribution in [-0.2, 0) is 22.4 Å². The summed E-state index contributed by atoms with van der Waals surface area (Å²) < 4.78 is 0. The minimum atomic E-state index is -1.11. The number of amides is 2. The van der Waals surface area contributed by atoms with Gasteiger partial charge in [0.05, 0.1) is 18.8 Å². The second-order valence-electron chi connectivity index (χ2n) is 11.4. The number of hydrogen-bond acceptors (Lipinski definition) is 6. The minimum Gasteiger partial charge on any atom is -0.390 e. The van der Waals surface area contributed by atoms with Crippen LogP contribution in [0.2, 0.25) is 0 Å². The Balaban J connectivity index is 1.25. The molecule has 220 valence electrons. The molecule has 5 atom stereocenters. The van der Waals surface area contributed by atoms with Crippen LogP contribution in [0.15, 0.2) is 42.5 Å². The molecule has 8 nitrogen and oxygen atoms in total. The molecule has 0 bridgehead atoms. The van der Waals surface area contributed by atoms with E-state index in [0.29, 0.717) is 25.3 Å². The van der Waals surface area contributed by atoms with Crippen LogP contribution in [0.5, 0.6) is 0 Å². The van der Waals surface area contributed by atoms with Crippen LogP contribution in [0.4, 0.5) is 0 Å². The predicted molar refractivity (Wildman–Crippen MR) is 161 cm³/mol. The van der Waals surface area contributed by atoms with Gasteiger partial charge in [-0.1, -0.05) is 42.5 Å². The second-order valence-corrected chi connectivity index (χ2v) is 13.9. The monoisotopic (exact) mass is 571 g/mol. The average Bonchev–Trinajstić information content (AvgIpc) is 2.93. The van der Waals surface area contributed by atoms with Gasteiger partial charge in [-0.15, -0.1) is 0 Å². The molecule has 0 radical (unpaired) electrons. The second kappa shape index (κ2) is 14.0. The van der Waals surface area contributed by atoms with Gasteiger partial charge in [-0.2, -0.15) is 0 Å². The molecule has 2 fully saturated rings. The number of nitrogens with one attached hydrogen (secondary N) is 1. The van der Waals surface area contributed by atoms with E-state index in [4.69, 9.17) is 0 Å². The number of aryl methyl sites for hydroxylation is 2. The normalized spacial score (nSPS) is 26.4. The molecule has 2 aliphatic rings. The molecule has 2 aromatic rings. The number of aliphatic hydroxyl groups excluding tert-OH is 3. The fraction of sp³-hybridized carbons (Fsp3) is 0.548. The third-order valence-corrected chi connectivity index (χ3v) is 10.8. The van der Waals surface area contributed by atoms with Gasteiger partial charge in [-0.05, 0) is 67.3 Å². The van der Waals surface area contributed by atoms with Gasteiger partial charge in [0.1, 0.15) is 6.10 Å². The van der Waals surface area contributed by atoms with Crippen LogP contribution in [0.3, 0.4) is 0 Å². The van der Waals surface area contributed by atoms with Crippen LogP contribution in [0.1, 0.15) is 45.9 Å². The Morgan fingerprint density at radius 2 is 1.65 bits per heavy atom. The molecular weight excluding hydrogens is 526 g/mol. The summed E-state index contributed by atoms with van der Waals surface area (Å²) in [7, 11) is 1.39. The molecule has 2 aromatic carbocycles. The van der Waals surface area contributed by atoms with Gasteiger partial charge < -0.3 is 30.4 Å². The lowest BCUT2D eigenvalue weighted by atomic mass is 9.93. The Bertz CT molecular complexity index is 1150. The highest BCUT2D eigenvalue weighted by molar-refractivity contribution is 8.16. The highest BCUT2D eigenvalue weighted by Crippen LogP contribution is 2.48. The summed E-state index contributed by atoms with van der Waals surface area (Å²) in [5, 5.41) is 33.6. The van der Waals surface area contributed by atoms with Crippen LogP contribution < -0.4 is 5.32 Å². The standard InChI is InChI=1S/C31H45N3O5S/c1-21-7-12-24(31-30(39)29(38)26(35)20-40(31)3)18-25(21)17-23-10-8-22(9-11-23)5-4-6-27(36)32-19-28(37)34-15-13-33(2)14-16-34/h7-12,18,26,29-31,35,38-40H,4-6,13-17,19-20H2,1-3H3,(H,32,36)/t26-,29-,30-,31+/m1/s1. The molecule has 1 unspecified atom stereocenters. The summed E-state index contributed by atoms with van der Waals surface area (Å²) in [5.41, 5.74) is 5.74. The zero-order valence-electron chi connectivity index (χ0n) is 23.9. The summed E-state index contributed by atoms with van der Waals surface area (Å²) >= 11 is 0. The molecule has 0 spiro atoms. The fourth-order valence-electron chi connectivity index (χ4n) is 5.64. The molecule has 40 heavy (non-hydrogen) atoms. The minimum absolute atomic E-state index is 0.0143. The van der Waals surface area contributed by atoms with Crippen LogP contribution in [0, 0.1) is 6.92 Å². The number of carbonyl (C=O) groups excluding carboxylic acids is 2. The van der Waals surface area contributed by atoms with E-state index >= 15 is 0 Å². The molecule has 2 amide bonds. The fourth-order valence-corrected chi connectivity index (χ4v) is 8.04. The Hall–Kier alpha value is -2.43. The number of benzene rings is 2. The van der Waals surface area contributed by atoms with Crippen molar-refractivity contribution >= 4 is 22.7 Å². The average molecular weight is 572 g/mol. The van der Waals surface area contributed by atoms with E-state index in [2.05, 4.69) is 59.8 Å². The van der Waals surface area contributed by atoms with Crippen molar-refractivity contribution in [3.8, 4) is 0 Å². The molecular formula is C31H45N3O5S. The molecule has 4 N–H and O–H groups in total. The Labute approximate surface area is 240 Å². The number of carbonyl (C=O) groups is 2. The quantitative estimate of drug-likeness (QED) is 0.292. The number of hydrogen-bond donors (Lipinski definition) is 5. The van der Waals surface area contributed by atoms with Crippen molar-refractivity contribution in [3.05, 3.63) is 70.3 Å². The number of thiol groups is 1. The lowest BCUT2D eigenvalue weighted by molar-refractivity contribution is -0.134. The molecule has 0 aromatic heterocycles. The van der Waals surface area contributed by atoms with Crippen molar-refractivity contribution in [1.82, 2.24) is 15.1 Å². The summed E-state index contributed by atoms with van der Waals surface area (Å²) in [5.74, 6) is 0.425.